The van der Waals surface area contributed by atoms with E-state index in [1.165, 1.54) is 17.8 Å². The lowest BCUT2D eigenvalue weighted by molar-refractivity contribution is -0.142. The van der Waals surface area contributed by atoms with Crippen molar-refractivity contribution in [2.75, 3.05) is 25.9 Å². The van der Waals surface area contributed by atoms with Gasteiger partial charge in [0.25, 0.3) is 5.91 Å². The minimum Gasteiger partial charge on any atom is -0.480 e. The van der Waals surface area contributed by atoms with Gasteiger partial charge in [0.05, 0.1) is 10.0 Å². The van der Waals surface area contributed by atoms with E-state index in [2.05, 4.69) is 10.6 Å². The Morgan fingerprint density at radius 2 is 1.73 bits per heavy atom. The monoisotopic (exact) mass is 613 g/mol. The van der Waals surface area contributed by atoms with Crippen LogP contribution in [0.1, 0.15) is 28.8 Å². The quantitative estimate of drug-likeness (QED) is 0.228. The summed E-state index contributed by atoms with van der Waals surface area (Å²) in [5, 5.41) is 17.5. The molecule has 3 N–H and O–H groups in total. The Morgan fingerprint density at radius 3 is 2.41 bits per heavy atom. The molecule has 0 aromatic heterocycles. The number of carbonyl (C=O) groups excluding carboxylic acids is 3. The third kappa shape index (κ3) is 7.61. The lowest BCUT2D eigenvalue weighted by atomic mass is 9.95. The number of piperidine rings is 1. The summed E-state index contributed by atoms with van der Waals surface area (Å²) in [5.74, 6) is -2.77. The Hall–Kier alpha value is -3.53. The second kappa shape index (κ2) is 13.9. The molecule has 1 heterocycles. The number of likely N-dealkylation sites (tertiary alicyclic amines) is 1. The van der Waals surface area contributed by atoms with Crippen molar-refractivity contribution in [1.29, 1.82) is 0 Å². The number of aliphatic carboxylic acids is 1. The zero-order valence-electron chi connectivity index (χ0n) is 22.2. The van der Waals surface area contributed by atoms with E-state index in [1.54, 1.807) is 29.2 Å². The fourth-order valence-electron chi connectivity index (χ4n) is 4.58. The fraction of sp³-hybridized carbons (Fsp3) is 0.267. The molecule has 1 fully saturated rings. The number of carboxylic acids is 1. The zero-order chi connectivity index (χ0) is 29.5. The summed E-state index contributed by atoms with van der Waals surface area (Å²) in [6.45, 7) is 0.425. The second-order valence-electron chi connectivity index (χ2n) is 9.59. The first-order valence-corrected chi connectivity index (χ1v) is 14.9. The average Bonchev–Trinajstić information content (AvgIpc) is 2.99. The normalized spacial score (nSPS) is 14.7. The Kier molecular flexibility index (Phi) is 10.3. The van der Waals surface area contributed by atoms with Crippen molar-refractivity contribution >= 4 is 75.5 Å². The summed E-state index contributed by atoms with van der Waals surface area (Å²) in [5.41, 5.74) is 1.03. The van der Waals surface area contributed by atoms with Gasteiger partial charge in [-0.2, -0.15) is 0 Å². The van der Waals surface area contributed by atoms with E-state index in [1.807, 2.05) is 42.7 Å². The van der Waals surface area contributed by atoms with Crippen LogP contribution in [0.3, 0.4) is 0 Å². The van der Waals surface area contributed by atoms with E-state index in [0.29, 0.717) is 47.1 Å². The van der Waals surface area contributed by atoms with Gasteiger partial charge in [-0.15, -0.1) is 11.8 Å². The number of fused-ring (bicyclic) bond motifs is 1. The molecule has 1 saturated heterocycles. The van der Waals surface area contributed by atoms with Crippen molar-refractivity contribution in [3.63, 3.8) is 0 Å². The molecule has 214 valence electrons. The van der Waals surface area contributed by atoms with Crippen LogP contribution in [0.4, 0.5) is 0 Å². The number of benzene rings is 3. The number of amides is 3. The van der Waals surface area contributed by atoms with E-state index < -0.39 is 29.7 Å². The number of hydrogen-bond donors (Lipinski definition) is 3. The lowest BCUT2D eigenvalue weighted by Gasteiger charge is -2.31. The summed E-state index contributed by atoms with van der Waals surface area (Å²) in [7, 11) is 0. The minimum absolute atomic E-state index is 0.218. The highest BCUT2D eigenvalue weighted by molar-refractivity contribution is 7.98. The average molecular weight is 615 g/mol. The van der Waals surface area contributed by atoms with Crippen LogP contribution >= 0.6 is 35.0 Å². The SMILES string of the molecule is CSc1ccc(/C=C/C(=O)N2CCC(C(=O)N[C@@H](CNC(=O)c3ccc4ccccc4c3)C(=O)O)CC2)c(Cl)c1Cl. The van der Waals surface area contributed by atoms with Gasteiger partial charge in [0.2, 0.25) is 11.8 Å². The van der Waals surface area contributed by atoms with Crippen LogP contribution in [0, 0.1) is 5.92 Å². The van der Waals surface area contributed by atoms with Gasteiger partial charge in [0.1, 0.15) is 6.04 Å². The summed E-state index contributed by atoms with van der Waals surface area (Å²) < 4.78 is 0. The maximum atomic E-state index is 12.8. The van der Waals surface area contributed by atoms with Gasteiger partial charge < -0.3 is 20.6 Å². The van der Waals surface area contributed by atoms with Gasteiger partial charge >= 0.3 is 5.97 Å². The van der Waals surface area contributed by atoms with Gasteiger partial charge in [0, 0.05) is 42.1 Å². The highest BCUT2D eigenvalue weighted by atomic mass is 35.5. The van der Waals surface area contributed by atoms with Gasteiger partial charge in [-0.25, -0.2) is 4.79 Å². The minimum atomic E-state index is -1.29. The van der Waals surface area contributed by atoms with Crippen molar-refractivity contribution in [3.8, 4) is 0 Å². The maximum Gasteiger partial charge on any atom is 0.328 e. The van der Waals surface area contributed by atoms with Crippen LogP contribution in [0.25, 0.3) is 16.8 Å². The first kappa shape index (κ1) is 30.4. The van der Waals surface area contributed by atoms with E-state index in [-0.39, 0.29) is 12.5 Å². The van der Waals surface area contributed by atoms with Crippen molar-refractivity contribution in [2.45, 2.75) is 23.8 Å². The summed E-state index contributed by atoms with van der Waals surface area (Å²) in [4.78, 5) is 52.5. The number of thioether (sulfide) groups is 1. The Bertz CT molecular complexity index is 1500. The van der Waals surface area contributed by atoms with E-state index in [0.717, 1.165) is 15.7 Å². The molecule has 4 rings (SSSR count). The number of halogens is 2. The van der Waals surface area contributed by atoms with Crippen LogP contribution in [-0.4, -0.2) is 65.6 Å². The first-order chi connectivity index (χ1) is 19.7. The van der Waals surface area contributed by atoms with Crippen LogP contribution < -0.4 is 10.6 Å². The van der Waals surface area contributed by atoms with E-state index in [4.69, 9.17) is 23.2 Å². The molecule has 0 aliphatic carbocycles. The number of carbonyl (C=O) groups is 4. The fourth-order valence-corrected chi connectivity index (χ4v) is 5.75. The molecule has 3 aromatic carbocycles. The number of rotatable bonds is 9. The molecule has 1 aliphatic heterocycles. The molecule has 0 bridgehead atoms. The predicted molar refractivity (Wildman–Crippen MR) is 162 cm³/mol. The standard InChI is InChI=1S/C30H29Cl2N3O5S/c1-41-24-10-8-19(26(31)27(24)32)9-11-25(36)35-14-12-20(13-15-35)29(38)34-23(30(39)40)17-33-28(37)22-7-6-18-4-2-3-5-21(18)16-22/h2-11,16,20,23H,12-15,17H2,1H3,(H,33,37)(H,34,38)(H,39,40)/b11-9+/t23-/m0/s1. The largest absolute Gasteiger partial charge is 0.480 e. The second-order valence-corrected chi connectivity index (χ2v) is 11.2. The van der Waals surface area contributed by atoms with E-state index >= 15 is 0 Å². The molecule has 0 spiro atoms. The van der Waals surface area contributed by atoms with Crippen LogP contribution in [-0.2, 0) is 14.4 Å². The Balaban J connectivity index is 1.27. The number of nitrogens with zero attached hydrogens (tertiary/aromatic N) is 1. The summed E-state index contributed by atoms with van der Waals surface area (Å²) in [6, 6.07) is 15.2. The van der Waals surface area contributed by atoms with Crippen molar-refractivity contribution < 1.29 is 24.3 Å². The summed E-state index contributed by atoms with van der Waals surface area (Å²) >= 11 is 14.1. The molecule has 11 heteroatoms. The Labute approximate surface area is 252 Å². The third-order valence-electron chi connectivity index (χ3n) is 6.97. The van der Waals surface area contributed by atoms with Gasteiger partial charge in [-0.05, 0) is 59.7 Å². The number of nitrogens with one attached hydrogen (secondary N) is 2. The molecule has 0 unspecified atom stereocenters. The molecule has 41 heavy (non-hydrogen) atoms. The molecule has 1 atom stereocenters. The number of carboxylic acid groups (broad SMARTS) is 1. The van der Waals surface area contributed by atoms with Crippen molar-refractivity contribution in [3.05, 3.63) is 81.8 Å². The smallest absolute Gasteiger partial charge is 0.328 e. The van der Waals surface area contributed by atoms with Crippen LogP contribution in [0.2, 0.25) is 10.0 Å². The van der Waals surface area contributed by atoms with Gasteiger partial charge in [0.15, 0.2) is 0 Å². The molecule has 3 aromatic rings. The highest BCUT2D eigenvalue weighted by Gasteiger charge is 2.30. The van der Waals surface area contributed by atoms with E-state index in [9.17, 15) is 24.3 Å². The lowest BCUT2D eigenvalue weighted by Crippen LogP contribution is -2.51. The van der Waals surface area contributed by atoms with Crippen LogP contribution in [0.15, 0.2) is 65.6 Å². The predicted octanol–water partition coefficient (Wildman–Crippen LogP) is 5.12. The van der Waals surface area contributed by atoms with Crippen LogP contribution in [0.5, 0.6) is 0 Å². The molecule has 8 nitrogen and oxygen atoms in total. The van der Waals surface area contributed by atoms with Gasteiger partial charge in [-0.1, -0.05) is 59.6 Å². The summed E-state index contributed by atoms with van der Waals surface area (Å²) in [6.07, 6.45) is 5.71. The highest BCUT2D eigenvalue weighted by Crippen LogP contribution is 2.35. The van der Waals surface area contributed by atoms with Gasteiger partial charge in [-0.3, -0.25) is 14.4 Å². The van der Waals surface area contributed by atoms with Crippen molar-refractivity contribution in [2.24, 2.45) is 5.92 Å². The topological polar surface area (TPSA) is 116 Å². The molecule has 1 aliphatic rings. The molecular formula is C30H29Cl2N3O5S. The molecule has 0 saturated carbocycles. The first-order valence-electron chi connectivity index (χ1n) is 13.0. The molecule has 3 amide bonds. The molecule has 0 radical (unpaired) electrons. The zero-order valence-corrected chi connectivity index (χ0v) is 24.6. The number of hydrogen-bond acceptors (Lipinski definition) is 5. The third-order valence-corrected chi connectivity index (χ3v) is 8.76. The maximum absolute atomic E-state index is 12.8. The van der Waals surface area contributed by atoms with Crippen molar-refractivity contribution in [1.82, 2.24) is 15.5 Å². The molecular weight excluding hydrogens is 585 g/mol. The Morgan fingerprint density at radius 1 is 1.02 bits per heavy atom.